The molecule has 1 saturated carbocycles. The van der Waals surface area contributed by atoms with Crippen LogP contribution < -0.4 is 4.90 Å². The molecule has 0 unspecified atom stereocenters. The number of urea groups is 1. The molecule has 1 aromatic carbocycles. The molecule has 6 heteroatoms. The van der Waals surface area contributed by atoms with Gasteiger partial charge >= 0.3 is 6.03 Å². The molecule has 0 bridgehead atoms. The number of hydrogen-bond donors (Lipinski definition) is 0. The molecule has 2 aliphatic rings. The summed E-state index contributed by atoms with van der Waals surface area (Å²) in [5.41, 5.74) is 0.771. The van der Waals surface area contributed by atoms with Crippen molar-refractivity contribution in [1.82, 2.24) is 9.80 Å². The van der Waals surface area contributed by atoms with Gasteiger partial charge in [0.05, 0.1) is 0 Å². The Kier molecular flexibility index (Phi) is 3.83. The first-order valence-electron chi connectivity index (χ1n) is 7.58. The van der Waals surface area contributed by atoms with Crippen LogP contribution in [0, 0.1) is 0 Å². The minimum absolute atomic E-state index is 0.105. The second-order valence-corrected chi connectivity index (χ2v) is 5.60. The van der Waals surface area contributed by atoms with E-state index < -0.39 is 0 Å². The summed E-state index contributed by atoms with van der Waals surface area (Å²) >= 11 is 0. The molecule has 1 heterocycles. The standard InChI is InChI=1S/C16H19N3O3/c1-2-17(12-6-4-3-5-7-12)14(20)11-19-15(21)10-18(16(19)22)13-8-9-13/h3-7,13H,2,8-11H2,1H3. The van der Waals surface area contributed by atoms with Gasteiger partial charge < -0.3 is 9.80 Å². The van der Waals surface area contributed by atoms with Crippen LogP contribution in [0.25, 0.3) is 0 Å². The van der Waals surface area contributed by atoms with Crippen LogP contribution >= 0.6 is 0 Å². The van der Waals surface area contributed by atoms with Gasteiger partial charge in [-0.1, -0.05) is 18.2 Å². The van der Waals surface area contributed by atoms with Crippen LogP contribution in [0.4, 0.5) is 10.5 Å². The molecule has 1 saturated heterocycles. The number of rotatable bonds is 5. The lowest BCUT2D eigenvalue weighted by atomic mass is 10.3. The molecule has 0 radical (unpaired) electrons. The largest absolute Gasteiger partial charge is 0.327 e. The number of carbonyl (C=O) groups excluding carboxylic acids is 3. The Balaban J connectivity index is 1.70. The number of carbonyl (C=O) groups is 3. The molecule has 22 heavy (non-hydrogen) atoms. The van der Waals surface area contributed by atoms with Crippen LogP contribution in [-0.4, -0.2) is 53.3 Å². The molecule has 1 aliphatic carbocycles. The van der Waals surface area contributed by atoms with Crippen molar-refractivity contribution in [3.8, 4) is 0 Å². The normalized spacial score (nSPS) is 18.0. The Labute approximate surface area is 129 Å². The van der Waals surface area contributed by atoms with Crippen LogP contribution in [0.15, 0.2) is 30.3 Å². The van der Waals surface area contributed by atoms with Crippen molar-refractivity contribution in [2.45, 2.75) is 25.8 Å². The fourth-order valence-electron chi connectivity index (χ4n) is 2.72. The number of hydrogen-bond acceptors (Lipinski definition) is 3. The summed E-state index contributed by atoms with van der Waals surface area (Å²) in [6.07, 6.45) is 1.90. The predicted octanol–water partition coefficient (Wildman–Crippen LogP) is 1.47. The van der Waals surface area contributed by atoms with Crippen LogP contribution in [0.2, 0.25) is 0 Å². The van der Waals surface area contributed by atoms with Gasteiger partial charge in [0.15, 0.2) is 0 Å². The third kappa shape index (κ3) is 2.68. The molecular weight excluding hydrogens is 282 g/mol. The highest BCUT2D eigenvalue weighted by atomic mass is 16.2. The number of para-hydroxylation sites is 1. The van der Waals surface area contributed by atoms with Crippen molar-refractivity contribution in [3.63, 3.8) is 0 Å². The number of benzene rings is 1. The van der Waals surface area contributed by atoms with E-state index in [1.807, 2.05) is 37.3 Å². The van der Waals surface area contributed by atoms with Crippen molar-refractivity contribution >= 4 is 23.5 Å². The molecule has 1 aromatic rings. The SMILES string of the molecule is CCN(C(=O)CN1C(=O)CN(C2CC2)C1=O)c1ccccc1. The van der Waals surface area contributed by atoms with Crippen LogP contribution in [-0.2, 0) is 9.59 Å². The van der Waals surface area contributed by atoms with E-state index >= 15 is 0 Å². The van der Waals surface area contributed by atoms with E-state index in [1.165, 1.54) is 0 Å². The molecule has 6 nitrogen and oxygen atoms in total. The molecule has 4 amide bonds. The molecule has 2 fully saturated rings. The maximum absolute atomic E-state index is 12.5. The highest BCUT2D eigenvalue weighted by molar-refractivity contribution is 6.07. The zero-order chi connectivity index (χ0) is 15.7. The number of nitrogens with zero attached hydrogens (tertiary/aromatic N) is 3. The van der Waals surface area contributed by atoms with Gasteiger partial charge in [0.1, 0.15) is 13.1 Å². The summed E-state index contributed by atoms with van der Waals surface area (Å²) in [4.78, 5) is 41.0. The first-order chi connectivity index (χ1) is 10.6. The van der Waals surface area contributed by atoms with Crippen LogP contribution in [0.3, 0.4) is 0 Å². The maximum Gasteiger partial charge on any atom is 0.327 e. The lowest BCUT2D eigenvalue weighted by Crippen LogP contribution is -2.43. The van der Waals surface area contributed by atoms with E-state index in [2.05, 4.69) is 0 Å². The zero-order valence-corrected chi connectivity index (χ0v) is 12.6. The molecule has 0 aromatic heterocycles. The van der Waals surface area contributed by atoms with Crippen molar-refractivity contribution < 1.29 is 14.4 Å². The maximum atomic E-state index is 12.5. The molecule has 0 N–H and O–H groups in total. The average Bonchev–Trinajstić information content (AvgIpc) is 3.32. The summed E-state index contributed by atoms with van der Waals surface area (Å²) in [5.74, 6) is -0.526. The van der Waals surface area contributed by atoms with Gasteiger partial charge in [-0.15, -0.1) is 0 Å². The summed E-state index contributed by atoms with van der Waals surface area (Å²) in [5, 5.41) is 0. The van der Waals surface area contributed by atoms with Gasteiger partial charge in [0, 0.05) is 18.3 Å². The van der Waals surface area contributed by atoms with Crippen molar-refractivity contribution in [1.29, 1.82) is 0 Å². The minimum Gasteiger partial charge on any atom is -0.312 e. The summed E-state index contributed by atoms with van der Waals surface area (Å²) in [7, 11) is 0. The van der Waals surface area contributed by atoms with Crippen molar-refractivity contribution in [2.24, 2.45) is 0 Å². The highest BCUT2D eigenvalue weighted by Crippen LogP contribution is 2.30. The Bertz CT molecular complexity index is 598. The second-order valence-electron chi connectivity index (χ2n) is 5.60. The Morgan fingerprint density at radius 2 is 1.91 bits per heavy atom. The van der Waals surface area contributed by atoms with E-state index in [-0.39, 0.29) is 37.0 Å². The minimum atomic E-state index is -0.329. The number of likely N-dealkylation sites (N-methyl/N-ethyl adjacent to an activating group) is 1. The van der Waals surface area contributed by atoms with E-state index in [4.69, 9.17) is 0 Å². The topological polar surface area (TPSA) is 60.9 Å². The van der Waals surface area contributed by atoms with E-state index in [9.17, 15) is 14.4 Å². The second kappa shape index (κ2) is 5.79. The van der Waals surface area contributed by atoms with Crippen molar-refractivity contribution in [2.75, 3.05) is 24.5 Å². The van der Waals surface area contributed by atoms with E-state index in [0.717, 1.165) is 23.4 Å². The molecule has 3 rings (SSSR count). The first-order valence-corrected chi connectivity index (χ1v) is 7.58. The Morgan fingerprint density at radius 1 is 1.23 bits per heavy atom. The molecule has 0 atom stereocenters. The Hall–Kier alpha value is -2.37. The van der Waals surface area contributed by atoms with Gasteiger partial charge in [-0.05, 0) is 31.9 Å². The van der Waals surface area contributed by atoms with E-state index in [1.54, 1.807) is 9.80 Å². The third-order valence-electron chi connectivity index (χ3n) is 4.05. The Morgan fingerprint density at radius 3 is 2.50 bits per heavy atom. The first kappa shape index (κ1) is 14.6. The molecule has 116 valence electrons. The quantitative estimate of drug-likeness (QED) is 0.774. The molecule has 0 spiro atoms. The summed E-state index contributed by atoms with van der Waals surface area (Å²) in [6, 6.07) is 9.12. The highest BCUT2D eigenvalue weighted by Gasteiger charge is 2.44. The van der Waals surface area contributed by atoms with E-state index in [0.29, 0.717) is 6.54 Å². The van der Waals surface area contributed by atoms with Gasteiger partial charge in [-0.25, -0.2) is 4.79 Å². The van der Waals surface area contributed by atoms with Crippen molar-refractivity contribution in [3.05, 3.63) is 30.3 Å². The third-order valence-corrected chi connectivity index (χ3v) is 4.05. The number of amides is 4. The van der Waals surface area contributed by atoms with Gasteiger partial charge in [-0.2, -0.15) is 0 Å². The predicted molar refractivity (Wildman–Crippen MR) is 81.3 cm³/mol. The monoisotopic (exact) mass is 301 g/mol. The lowest BCUT2D eigenvalue weighted by Gasteiger charge is -2.23. The van der Waals surface area contributed by atoms with Gasteiger partial charge in [0.25, 0.3) is 5.91 Å². The number of anilines is 1. The zero-order valence-electron chi connectivity index (χ0n) is 12.6. The fraction of sp³-hybridized carbons (Fsp3) is 0.438. The molecule has 1 aliphatic heterocycles. The fourth-order valence-corrected chi connectivity index (χ4v) is 2.72. The van der Waals surface area contributed by atoms with Crippen LogP contribution in [0.5, 0.6) is 0 Å². The van der Waals surface area contributed by atoms with Gasteiger partial charge in [0.2, 0.25) is 5.91 Å². The van der Waals surface area contributed by atoms with Gasteiger partial charge in [-0.3, -0.25) is 14.5 Å². The smallest absolute Gasteiger partial charge is 0.312 e. The summed E-state index contributed by atoms with van der Waals surface area (Å²) in [6.45, 7) is 2.28. The summed E-state index contributed by atoms with van der Waals surface area (Å²) < 4.78 is 0. The molecular formula is C16H19N3O3. The average molecular weight is 301 g/mol. The lowest BCUT2D eigenvalue weighted by molar-refractivity contribution is -0.129. The van der Waals surface area contributed by atoms with Crippen LogP contribution in [0.1, 0.15) is 19.8 Å². The number of imide groups is 1.